The van der Waals surface area contributed by atoms with Gasteiger partial charge in [-0.2, -0.15) is 0 Å². The lowest BCUT2D eigenvalue weighted by Gasteiger charge is -2.30. The third-order valence-electron chi connectivity index (χ3n) is 5.41. The van der Waals surface area contributed by atoms with Gasteiger partial charge in [0.15, 0.2) is 6.61 Å². The van der Waals surface area contributed by atoms with Crippen LogP contribution in [0.5, 0.6) is 5.75 Å². The molecule has 1 aliphatic rings. The van der Waals surface area contributed by atoms with Crippen LogP contribution in [0.4, 0.5) is 5.69 Å². The second-order valence-electron chi connectivity index (χ2n) is 7.75. The minimum atomic E-state index is -0.104. The van der Waals surface area contributed by atoms with Crippen LogP contribution < -0.4 is 15.0 Å². The molecule has 0 spiro atoms. The summed E-state index contributed by atoms with van der Waals surface area (Å²) in [7, 11) is 6.24. The molecular formula is C23H31N3O2. The minimum Gasteiger partial charge on any atom is -0.484 e. The quantitative estimate of drug-likeness (QED) is 0.800. The summed E-state index contributed by atoms with van der Waals surface area (Å²) in [4.78, 5) is 16.8. The Bertz CT molecular complexity index is 819. The normalized spacial score (nSPS) is 14.5. The van der Waals surface area contributed by atoms with Gasteiger partial charge in [-0.25, -0.2) is 0 Å². The Kier molecular flexibility index (Phi) is 6.57. The number of amides is 1. The molecule has 0 saturated heterocycles. The molecule has 1 atom stereocenters. The molecule has 28 heavy (non-hydrogen) atoms. The van der Waals surface area contributed by atoms with Crippen molar-refractivity contribution in [3.05, 3.63) is 59.2 Å². The topological polar surface area (TPSA) is 44.8 Å². The van der Waals surface area contributed by atoms with Gasteiger partial charge in [-0.3, -0.25) is 4.79 Å². The van der Waals surface area contributed by atoms with Crippen molar-refractivity contribution < 1.29 is 9.53 Å². The molecule has 1 aliphatic heterocycles. The van der Waals surface area contributed by atoms with E-state index in [9.17, 15) is 4.79 Å². The molecule has 0 bridgehead atoms. The van der Waals surface area contributed by atoms with Crippen molar-refractivity contribution in [2.24, 2.45) is 0 Å². The molecule has 1 heterocycles. The van der Waals surface area contributed by atoms with E-state index in [1.807, 2.05) is 45.3 Å². The number of para-hydroxylation sites is 1. The first kappa shape index (κ1) is 20.2. The number of likely N-dealkylation sites (N-methyl/N-ethyl adjacent to an activating group) is 1. The zero-order valence-electron chi connectivity index (χ0n) is 17.4. The number of rotatable bonds is 7. The third-order valence-corrected chi connectivity index (χ3v) is 5.41. The van der Waals surface area contributed by atoms with Gasteiger partial charge in [0.05, 0.1) is 6.04 Å². The zero-order chi connectivity index (χ0) is 20.1. The molecule has 2 aromatic rings. The second kappa shape index (κ2) is 9.11. The van der Waals surface area contributed by atoms with Crippen LogP contribution in [0.2, 0.25) is 0 Å². The number of hydrogen-bond donors (Lipinski definition) is 1. The fourth-order valence-electron chi connectivity index (χ4n) is 3.73. The van der Waals surface area contributed by atoms with Crippen LogP contribution in [0, 0.1) is 6.92 Å². The maximum absolute atomic E-state index is 12.3. The van der Waals surface area contributed by atoms with Crippen LogP contribution in [0.15, 0.2) is 42.5 Å². The molecule has 1 N–H and O–H groups in total. The molecule has 0 saturated carbocycles. The van der Waals surface area contributed by atoms with Gasteiger partial charge >= 0.3 is 0 Å². The molecule has 1 unspecified atom stereocenters. The molecule has 1 amide bonds. The largest absolute Gasteiger partial charge is 0.484 e. The SMILES string of the molecule is Cc1ccccc1OCC(=O)NCC(c1ccc2c(c1)CCCN2C)N(C)C. The maximum atomic E-state index is 12.3. The first-order valence-electron chi connectivity index (χ1n) is 9.91. The lowest BCUT2D eigenvalue weighted by atomic mass is 9.96. The van der Waals surface area contributed by atoms with E-state index in [1.54, 1.807) is 0 Å². The van der Waals surface area contributed by atoms with Gasteiger partial charge in [0.25, 0.3) is 5.91 Å². The minimum absolute atomic E-state index is 0.0278. The van der Waals surface area contributed by atoms with E-state index < -0.39 is 0 Å². The van der Waals surface area contributed by atoms with E-state index in [-0.39, 0.29) is 18.6 Å². The van der Waals surface area contributed by atoms with Gasteiger partial charge < -0.3 is 19.9 Å². The number of ether oxygens (including phenoxy) is 1. The summed E-state index contributed by atoms with van der Waals surface area (Å²) in [6.07, 6.45) is 2.30. The van der Waals surface area contributed by atoms with Crippen LogP contribution in [0.3, 0.4) is 0 Å². The fourth-order valence-corrected chi connectivity index (χ4v) is 3.73. The summed E-state index contributed by atoms with van der Waals surface area (Å²) in [6, 6.07) is 14.5. The van der Waals surface area contributed by atoms with Crippen molar-refractivity contribution in [2.45, 2.75) is 25.8 Å². The van der Waals surface area contributed by atoms with Crippen LogP contribution in [0.25, 0.3) is 0 Å². The summed E-state index contributed by atoms with van der Waals surface area (Å²) in [5, 5.41) is 3.03. The first-order chi connectivity index (χ1) is 13.5. The Morgan fingerprint density at radius 1 is 1.25 bits per heavy atom. The number of fused-ring (bicyclic) bond motifs is 1. The van der Waals surface area contributed by atoms with Crippen LogP contribution in [-0.2, 0) is 11.2 Å². The van der Waals surface area contributed by atoms with Crippen LogP contribution in [-0.4, -0.2) is 51.6 Å². The Morgan fingerprint density at radius 2 is 2.04 bits per heavy atom. The zero-order valence-corrected chi connectivity index (χ0v) is 17.4. The highest BCUT2D eigenvalue weighted by Gasteiger charge is 2.19. The summed E-state index contributed by atoms with van der Waals surface area (Å²) in [5.74, 6) is 0.647. The number of benzene rings is 2. The van der Waals surface area contributed by atoms with E-state index in [2.05, 4.69) is 40.4 Å². The molecule has 3 rings (SSSR count). The number of anilines is 1. The highest BCUT2D eigenvalue weighted by atomic mass is 16.5. The number of carbonyl (C=O) groups is 1. The number of nitrogens with zero attached hydrogens (tertiary/aromatic N) is 2. The lowest BCUT2D eigenvalue weighted by Crippen LogP contribution is -2.37. The molecule has 0 aromatic heterocycles. The van der Waals surface area contributed by atoms with Crippen LogP contribution in [0.1, 0.15) is 29.2 Å². The molecule has 5 nitrogen and oxygen atoms in total. The highest BCUT2D eigenvalue weighted by Crippen LogP contribution is 2.29. The van der Waals surface area contributed by atoms with Gasteiger partial charge in [-0.05, 0) is 62.7 Å². The van der Waals surface area contributed by atoms with Crippen molar-refractivity contribution in [3.63, 3.8) is 0 Å². The first-order valence-corrected chi connectivity index (χ1v) is 9.91. The summed E-state index contributed by atoms with van der Waals surface area (Å²) < 4.78 is 5.65. The molecular weight excluding hydrogens is 350 g/mol. The summed E-state index contributed by atoms with van der Waals surface area (Å²) >= 11 is 0. The Balaban J connectivity index is 1.60. The molecule has 0 fully saturated rings. The number of carbonyl (C=O) groups excluding carboxylic acids is 1. The van der Waals surface area contributed by atoms with Gasteiger partial charge in [0.1, 0.15) is 5.75 Å². The highest BCUT2D eigenvalue weighted by molar-refractivity contribution is 5.77. The predicted molar refractivity (Wildman–Crippen MR) is 114 cm³/mol. The van der Waals surface area contributed by atoms with Crippen molar-refractivity contribution in [3.8, 4) is 5.75 Å². The number of aryl methyl sites for hydroxylation is 2. The summed E-state index contributed by atoms with van der Waals surface area (Å²) in [6.45, 7) is 3.67. The van der Waals surface area contributed by atoms with Gasteiger partial charge in [-0.1, -0.05) is 30.3 Å². The van der Waals surface area contributed by atoms with E-state index in [0.29, 0.717) is 6.54 Å². The van der Waals surface area contributed by atoms with Crippen molar-refractivity contribution >= 4 is 11.6 Å². The smallest absolute Gasteiger partial charge is 0.258 e. The predicted octanol–water partition coefficient (Wildman–Crippen LogP) is 3.18. The average molecular weight is 382 g/mol. The van der Waals surface area contributed by atoms with E-state index in [1.165, 1.54) is 23.2 Å². The fraction of sp³-hybridized carbons (Fsp3) is 0.435. The van der Waals surface area contributed by atoms with E-state index in [4.69, 9.17) is 4.74 Å². The molecule has 0 aliphatic carbocycles. The van der Waals surface area contributed by atoms with E-state index >= 15 is 0 Å². The van der Waals surface area contributed by atoms with Gasteiger partial charge in [0.2, 0.25) is 0 Å². The molecule has 5 heteroatoms. The monoisotopic (exact) mass is 381 g/mol. The molecule has 0 radical (unpaired) electrons. The Labute approximate surface area is 168 Å². The van der Waals surface area contributed by atoms with Crippen molar-refractivity contribution in [1.82, 2.24) is 10.2 Å². The Hall–Kier alpha value is -2.53. The Morgan fingerprint density at radius 3 is 2.79 bits per heavy atom. The standard InChI is InChI=1S/C23H31N3O2/c1-17-8-5-6-10-22(17)28-16-23(27)24-15-21(25(2)3)19-11-12-20-18(14-19)9-7-13-26(20)4/h5-6,8,10-12,14,21H,7,9,13,15-16H2,1-4H3,(H,24,27). The van der Waals surface area contributed by atoms with Crippen molar-refractivity contribution in [2.75, 3.05) is 45.7 Å². The van der Waals surface area contributed by atoms with Gasteiger partial charge in [-0.15, -0.1) is 0 Å². The number of nitrogens with one attached hydrogen (secondary N) is 1. The third kappa shape index (κ3) is 4.84. The average Bonchev–Trinajstić information content (AvgIpc) is 2.67. The van der Waals surface area contributed by atoms with E-state index in [0.717, 1.165) is 24.3 Å². The lowest BCUT2D eigenvalue weighted by molar-refractivity contribution is -0.123. The van der Waals surface area contributed by atoms with Gasteiger partial charge in [0, 0.05) is 25.8 Å². The summed E-state index contributed by atoms with van der Waals surface area (Å²) in [5.41, 5.74) is 4.98. The number of hydrogen-bond acceptors (Lipinski definition) is 4. The second-order valence-corrected chi connectivity index (χ2v) is 7.75. The maximum Gasteiger partial charge on any atom is 0.258 e. The molecule has 2 aromatic carbocycles. The van der Waals surface area contributed by atoms with Crippen LogP contribution >= 0.6 is 0 Å². The van der Waals surface area contributed by atoms with Crippen molar-refractivity contribution in [1.29, 1.82) is 0 Å². The molecule has 150 valence electrons.